The summed E-state index contributed by atoms with van der Waals surface area (Å²) in [5.41, 5.74) is 6.35. The van der Waals surface area contributed by atoms with Crippen LogP contribution in [0.1, 0.15) is 97.8 Å². The van der Waals surface area contributed by atoms with Gasteiger partial charge in [-0.2, -0.15) is 0 Å². The summed E-state index contributed by atoms with van der Waals surface area (Å²) in [6.45, 7) is 8.78. The van der Waals surface area contributed by atoms with E-state index >= 15 is 0 Å². The predicted octanol–water partition coefficient (Wildman–Crippen LogP) is 10.8. The molecule has 0 saturated carbocycles. The molecule has 4 rings (SSSR count). The van der Waals surface area contributed by atoms with Gasteiger partial charge in [0.25, 0.3) is 0 Å². The molecule has 48 heavy (non-hydrogen) atoms. The van der Waals surface area contributed by atoms with Crippen LogP contribution < -0.4 is 15.5 Å². The highest BCUT2D eigenvalue weighted by molar-refractivity contribution is 5.78. The minimum Gasteiger partial charge on any atom is -0.370 e. The molecule has 1 heterocycles. The van der Waals surface area contributed by atoms with Crippen LogP contribution in [0.25, 0.3) is 22.4 Å². The summed E-state index contributed by atoms with van der Waals surface area (Å²) in [5, 5.41) is 6.61. The van der Waals surface area contributed by atoms with Gasteiger partial charge in [-0.15, -0.1) is 0 Å². The van der Waals surface area contributed by atoms with Gasteiger partial charge in [-0.05, 0) is 54.8 Å². The molecule has 0 fully saturated rings. The molecule has 6 nitrogen and oxygen atoms in total. The number of hydrogen-bond donors (Lipinski definition) is 2. The van der Waals surface area contributed by atoms with Crippen molar-refractivity contribution in [2.24, 2.45) is 5.92 Å². The molecular weight excluding hydrogens is 590 g/mol. The minimum atomic E-state index is 0.0686. The number of amides is 1. The van der Waals surface area contributed by atoms with Crippen molar-refractivity contribution in [1.29, 1.82) is 0 Å². The van der Waals surface area contributed by atoms with E-state index in [1.165, 1.54) is 69.8 Å². The fraction of sp³-hybridized carbons (Fsp3) is 0.452. The molecule has 0 radical (unpaired) electrons. The smallest absolute Gasteiger partial charge is 0.222 e. The molecule has 4 aromatic rings. The molecule has 1 amide bonds. The van der Waals surface area contributed by atoms with Crippen molar-refractivity contribution in [2.45, 2.75) is 97.8 Å². The first-order valence-corrected chi connectivity index (χ1v) is 18.4. The van der Waals surface area contributed by atoms with Gasteiger partial charge in [0, 0.05) is 48.6 Å². The number of rotatable bonds is 22. The van der Waals surface area contributed by atoms with Gasteiger partial charge in [-0.1, -0.05) is 133 Å². The van der Waals surface area contributed by atoms with E-state index in [2.05, 4.69) is 119 Å². The third-order valence-electron chi connectivity index (χ3n) is 9.19. The van der Waals surface area contributed by atoms with Gasteiger partial charge in [0.15, 0.2) is 0 Å². The second-order valence-corrected chi connectivity index (χ2v) is 13.0. The highest BCUT2D eigenvalue weighted by Gasteiger charge is 2.13. The Labute approximate surface area is 289 Å². The summed E-state index contributed by atoms with van der Waals surface area (Å²) < 4.78 is 0. The number of carbonyl (C=O) groups excluding carboxylic acids is 1. The Kier molecular flexibility index (Phi) is 16.0. The van der Waals surface area contributed by atoms with Gasteiger partial charge in [0.05, 0.1) is 5.69 Å². The van der Waals surface area contributed by atoms with Crippen LogP contribution in [0.4, 0.5) is 17.2 Å². The number of benzene rings is 3. The Hall–Kier alpha value is -4.19. The number of anilines is 3. The summed E-state index contributed by atoms with van der Waals surface area (Å²) in [5.74, 6) is 0.989. The van der Waals surface area contributed by atoms with Gasteiger partial charge < -0.3 is 15.5 Å². The third-order valence-corrected chi connectivity index (χ3v) is 9.19. The highest BCUT2D eigenvalue weighted by atomic mass is 16.1. The second-order valence-electron chi connectivity index (χ2n) is 13.0. The molecule has 0 aliphatic rings. The molecule has 2 N–H and O–H groups in total. The van der Waals surface area contributed by atoms with E-state index in [0.29, 0.717) is 6.54 Å². The van der Waals surface area contributed by atoms with Crippen molar-refractivity contribution in [3.05, 3.63) is 91.3 Å². The third kappa shape index (κ3) is 12.4. The van der Waals surface area contributed by atoms with Crippen LogP contribution in [0.2, 0.25) is 0 Å². The lowest BCUT2D eigenvalue weighted by molar-refractivity contribution is -0.124. The SMILES string of the molecule is CCCCCCCCCCCCCC(C)C(=O)NCCN(CC)c1ccc(Nc2cc(-c3cccc(-c4ccccc4)c3)ncn2)cc1. The molecule has 0 aliphatic heterocycles. The Morgan fingerprint density at radius 2 is 1.35 bits per heavy atom. The van der Waals surface area contributed by atoms with Crippen LogP contribution in [0.3, 0.4) is 0 Å². The van der Waals surface area contributed by atoms with Gasteiger partial charge in [0.1, 0.15) is 12.1 Å². The second kappa shape index (κ2) is 20.9. The normalized spacial score (nSPS) is 11.6. The molecule has 1 unspecified atom stereocenters. The van der Waals surface area contributed by atoms with E-state index in [9.17, 15) is 4.79 Å². The van der Waals surface area contributed by atoms with Crippen LogP contribution >= 0.6 is 0 Å². The number of likely N-dealkylation sites (N-methyl/N-ethyl adjacent to an activating group) is 1. The first-order chi connectivity index (χ1) is 23.6. The standard InChI is InChI=1S/C42H57N5O/c1-4-6-7-8-9-10-11-12-13-14-16-20-34(3)42(48)43-29-30-47(5-2)39-27-25-38(26-28-39)46-41-32-40(44-33-45-41)37-24-19-23-36(31-37)35-21-17-15-18-22-35/h15,17-19,21-28,31-34H,4-14,16,20,29-30H2,1-3H3,(H,43,48)(H,44,45,46). The number of nitrogens with zero attached hydrogens (tertiary/aromatic N) is 3. The lowest BCUT2D eigenvalue weighted by Gasteiger charge is -2.24. The minimum absolute atomic E-state index is 0.0686. The van der Waals surface area contributed by atoms with Crippen molar-refractivity contribution >= 4 is 23.1 Å². The Morgan fingerprint density at radius 1 is 0.708 bits per heavy atom. The summed E-state index contributed by atoms with van der Waals surface area (Å²) in [6, 6.07) is 29.2. The van der Waals surface area contributed by atoms with E-state index < -0.39 is 0 Å². The average Bonchev–Trinajstić information content (AvgIpc) is 3.13. The molecule has 0 bridgehead atoms. The molecule has 6 heteroatoms. The first kappa shape index (κ1) is 36.6. The molecule has 3 aromatic carbocycles. The van der Waals surface area contributed by atoms with Gasteiger partial charge in [-0.25, -0.2) is 9.97 Å². The average molecular weight is 648 g/mol. The molecule has 0 aliphatic carbocycles. The molecule has 256 valence electrons. The van der Waals surface area contributed by atoms with Crippen molar-refractivity contribution in [3.63, 3.8) is 0 Å². The first-order valence-electron chi connectivity index (χ1n) is 18.4. The van der Waals surface area contributed by atoms with Crippen LogP contribution in [0.5, 0.6) is 0 Å². The van der Waals surface area contributed by atoms with Crippen LogP contribution in [-0.2, 0) is 4.79 Å². The summed E-state index contributed by atoms with van der Waals surface area (Å²) in [7, 11) is 0. The Bertz CT molecular complexity index is 1470. The van der Waals surface area contributed by atoms with Crippen LogP contribution in [-0.4, -0.2) is 35.5 Å². The molecule has 0 saturated heterocycles. The fourth-order valence-electron chi connectivity index (χ4n) is 6.18. The summed E-state index contributed by atoms with van der Waals surface area (Å²) in [4.78, 5) is 24.0. The quantitative estimate of drug-likeness (QED) is 0.0831. The van der Waals surface area contributed by atoms with Gasteiger partial charge in [-0.3, -0.25) is 4.79 Å². The van der Waals surface area contributed by atoms with Gasteiger partial charge in [0.2, 0.25) is 5.91 Å². The maximum Gasteiger partial charge on any atom is 0.222 e. The monoisotopic (exact) mass is 647 g/mol. The zero-order chi connectivity index (χ0) is 33.8. The maximum atomic E-state index is 12.7. The van der Waals surface area contributed by atoms with Crippen molar-refractivity contribution in [3.8, 4) is 22.4 Å². The molecular formula is C42H57N5O. The maximum absolute atomic E-state index is 12.7. The van der Waals surface area contributed by atoms with E-state index in [1.54, 1.807) is 6.33 Å². The molecule has 1 aromatic heterocycles. The number of carbonyl (C=O) groups is 1. The van der Waals surface area contributed by atoms with E-state index in [4.69, 9.17) is 0 Å². The predicted molar refractivity (Wildman–Crippen MR) is 204 cm³/mol. The summed E-state index contributed by atoms with van der Waals surface area (Å²) in [6.07, 6.45) is 17.2. The zero-order valence-electron chi connectivity index (χ0n) is 29.6. The molecule has 1 atom stereocenters. The van der Waals surface area contributed by atoms with Crippen molar-refractivity contribution in [1.82, 2.24) is 15.3 Å². The number of unbranched alkanes of at least 4 members (excludes halogenated alkanes) is 10. The van der Waals surface area contributed by atoms with Crippen LogP contribution in [0, 0.1) is 5.92 Å². The lowest BCUT2D eigenvalue weighted by Crippen LogP contribution is -2.37. The molecule has 0 spiro atoms. The van der Waals surface area contributed by atoms with Crippen LogP contribution in [0.15, 0.2) is 91.3 Å². The zero-order valence-corrected chi connectivity index (χ0v) is 29.6. The van der Waals surface area contributed by atoms with Gasteiger partial charge >= 0.3 is 0 Å². The van der Waals surface area contributed by atoms with E-state index in [0.717, 1.165) is 59.9 Å². The number of nitrogens with one attached hydrogen (secondary N) is 2. The van der Waals surface area contributed by atoms with E-state index in [-0.39, 0.29) is 11.8 Å². The van der Waals surface area contributed by atoms with E-state index in [1.807, 2.05) is 12.1 Å². The highest BCUT2D eigenvalue weighted by Crippen LogP contribution is 2.27. The number of hydrogen-bond acceptors (Lipinski definition) is 5. The fourth-order valence-corrected chi connectivity index (χ4v) is 6.18. The summed E-state index contributed by atoms with van der Waals surface area (Å²) >= 11 is 0. The number of aromatic nitrogens is 2. The largest absolute Gasteiger partial charge is 0.370 e. The van der Waals surface area contributed by atoms with Crippen molar-refractivity contribution < 1.29 is 4.79 Å². The lowest BCUT2D eigenvalue weighted by atomic mass is 10.0. The van der Waals surface area contributed by atoms with Crippen molar-refractivity contribution in [2.75, 3.05) is 29.9 Å². The Balaban J connectivity index is 1.17. The topological polar surface area (TPSA) is 70.2 Å². The Morgan fingerprint density at radius 3 is 2.04 bits per heavy atom.